The van der Waals surface area contributed by atoms with Gasteiger partial charge in [-0.3, -0.25) is 4.57 Å². The molecule has 0 spiro atoms. The average molecular weight is 274 g/mol. The van der Waals surface area contributed by atoms with Crippen molar-refractivity contribution >= 4 is 17.6 Å². The van der Waals surface area contributed by atoms with Gasteiger partial charge in [0.15, 0.2) is 0 Å². The first-order chi connectivity index (χ1) is 8.50. The number of nitrogens with zero attached hydrogens (tertiary/aromatic N) is 3. The summed E-state index contributed by atoms with van der Waals surface area (Å²) in [6.45, 7) is 0. The van der Waals surface area contributed by atoms with E-state index in [0.717, 1.165) is 10.9 Å². The van der Waals surface area contributed by atoms with E-state index in [1.165, 1.54) is 18.2 Å². The first-order valence-electron chi connectivity index (χ1n) is 4.72. The molecule has 5 nitrogen and oxygen atoms in total. The maximum absolute atomic E-state index is 12.6. The van der Waals surface area contributed by atoms with Gasteiger partial charge in [-0.25, -0.2) is 13.6 Å². The number of carboxylic acid groups (broad SMARTS) is 1. The Hall–Kier alpha value is -2.02. The molecule has 1 aromatic carbocycles. The second kappa shape index (κ2) is 4.69. The number of carboxylic acids is 1. The van der Waals surface area contributed by atoms with Crippen LogP contribution in [0.3, 0.4) is 0 Å². The van der Waals surface area contributed by atoms with Crippen LogP contribution in [0.25, 0.3) is 5.69 Å². The molecule has 0 fully saturated rings. The van der Waals surface area contributed by atoms with Gasteiger partial charge in [0, 0.05) is 0 Å². The highest BCUT2D eigenvalue weighted by Gasteiger charge is 2.17. The molecule has 0 aliphatic carbocycles. The van der Waals surface area contributed by atoms with E-state index in [1.807, 2.05) is 0 Å². The van der Waals surface area contributed by atoms with E-state index in [2.05, 4.69) is 10.2 Å². The summed E-state index contributed by atoms with van der Waals surface area (Å²) in [5.41, 5.74) is 0.164. The maximum atomic E-state index is 12.6. The van der Waals surface area contributed by atoms with Crippen molar-refractivity contribution in [2.45, 2.75) is 6.43 Å². The average Bonchev–Trinajstić information content (AvgIpc) is 2.77. The van der Waals surface area contributed by atoms with Crippen LogP contribution in [0.1, 0.15) is 22.6 Å². The number of halogens is 3. The predicted octanol–water partition coefficient (Wildman–Crippen LogP) is 2.56. The molecule has 0 unspecified atom stereocenters. The number of benzene rings is 1. The van der Waals surface area contributed by atoms with E-state index in [9.17, 15) is 13.6 Å². The lowest BCUT2D eigenvalue weighted by Crippen LogP contribution is -2.03. The standard InChI is InChI=1S/C10H6ClF2N3O2/c11-7-3-5(1-2-6(7)10(17)18)16-4-14-15-9(16)8(12)13/h1-4,8H,(H,17,18). The van der Waals surface area contributed by atoms with E-state index >= 15 is 0 Å². The van der Waals surface area contributed by atoms with Crippen molar-refractivity contribution in [2.24, 2.45) is 0 Å². The molecule has 1 aromatic heterocycles. The Morgan fingerprint density at radius 1 is 1.44 bits per heavy atom. The van der Waals surface area contributed by atoms with Crippen LogP contribution in [0.5, 0.6) is 0 Å². The summed E-state index contributed by atoms with van der Waals surface area (Å²) in [7, 11) is 0. The maximum Gasteiger partial charge on any atom is 0.337 e. The van der Waals surface area contributed by atoms with E-state index in [-0.39, 0.29) is 16.3 Å². The minimum atomic E-state index is -2.79. The van der Waals surface area contributed by atoms with Gasteiger partial charge < -0.3 is 5.11 Å². The van der Waals surface area contributed by atoms with Crippen molar-refractivity contribution in [2.75, 3.05) is 0 Å². The summed E-state index contributed by atoms with van der Waals surface area (Å²) in [6.07, 6.45) is -1.68. The Bertz CT molecular complexity index is 601. The number of aromatic carboxylic acids is 1. The molecule has 0 atom stereocenters. The van der Waals surface area contributed by atoms with Gasteiger partial charge in [-0.2, -0.15) is 0 Å². The highest BCUT2D eigenvalue weighted by Crippen LogP contribution is 2.24. The molecular formula is C10H6ClF2N3O2. The minimum absolute atomic E-state index is 0.0473. The highest BCUT2D eigenvalue weighted by molar-refractivity contribution is 6.33. The zero-order valence-electron chi connectivity index (χ0n) is 8.72. The van der Waals surface area contributed by atoms with Crippen molar-refractivity contribution in [1.82, 2.24) is 14.8 Å². The molecule has 0 saturated carbocycles. The Labute approximate surface area is 105 Å². The lowest BCUT2D eigenvalue weighted by atomic mass is 10.2. The molecule has 0 aliphatic rings. The van der Waals surface area contributed by atoms with Crippen LogP contribution in [0.4, 0.5) is 8.78 Å². The minimum Gasteiger partial charge on any atom is -0.478 e. The Morgan fingerprint density at radius 2 is 2.17 bits per heavy atom. The number of hydrogen-bond acceptors (Lipinski definition) is 3. The van der Waals surface area contributed by atoms with Gasteiger partial charge >= 0.3 is 5.97 Å². The quantitative estimate of drug-likeness (QED) is 0.933. The Morgan fingerprint density at radius 3 is 2.72 bits per heavy atom. The number of alkyl halides is 2. The predicted molar refractivity (Wildman–Crippen MR) is 58.3 cm³/mol. The van der Waals surface area contributed by atoms with Crippen molar-refractivity contribution in [1.29, 1.82) is 0 Å². The van der Waals surface area contributed by atoms with Crippen molar-refractivity contribution < 1.29 is 18.7 Å². The second-order valence-corrected chi connectivity index (χ2v) is 3.74. The molecule has 2 aromatic rings. The van der Waals surface area contributed by atoms with Gasteiger partial charge in [-0.05, 0) is 18.2 Å². The molecule has 18 heavy (non-hydrogen) atoms. The fourth-order valence-electron chi connectivity index (χ4n) is 1.42. The van der Waals surface area contributed by atoms with Gasteiger partial charge in [-0.1, -0.05) is 11.6 Å². The Kier molecular flexibility index (Phi) is 3.24. The first kappa shape index (κ1) is 12.4. The van der Waals surface area contributed by atoms with Crippen LogP contribution in [-0.2, 0) is 0 Å². The first-order valence-corrected chi connectivity index (χ1v) is 5.10. The third kappa shape index (κ3) is 2.17. The second-order valence-electron chi connectivity index (χ2n) is 3.33. The molecule has 0 bridgehead atoms. The van der Waals surface area contributed by atoms with Crippen LogP contribution in [0.2, 0.25) is 5.02 Å². The SMILES string of the molecule is O=C(O)c1ccc(-n2cnnc2C(F)F)cc1Cl. The number of aromatic nitrogens is 3. The van der Waals surface area contributed by atoms with Gasteiger partial charge in [-0.15, -0.1) is 10.2 Å². The topological polar surface area (TPSA) is 68.0 Å². The van der Waals surface area contributed by atoms with E-state index < -0.39 is 18.2 Å². The molecule has 94 valence electrons. The molecule has 0 aliphatic heterocycles. The molecular weight excluding hydrogens is 268 g/mol. The number of rotatable bonds is 3. The summed E-state index contributed by atoms with van der Waals surface area (Å²) in [6, 6.07) is 3.85. The van der Waals surface area contributed by atoms with Gasteiger partial charge in [0.05, 0.1) is 16.3 Å². The van der Waals surface area contributed by atoms with Crippen LogP contribution >= 0.6 is 11.6 Å². The van der Waals surface area contributed by atoms with E-state index in [0.29, 0.717) is 0 Å². The summed E-state index contributed by atoms with van der Waals surface area (Å²) in [5, 5.41) is 15.4. The molecule has 8 heteroatoms. The van der Waals surface area contributed by atoms with Crippen molar-refractivity contribution in [3.05, 3.63) is 40.9 Å². The van der Waals surface area contributed by atoms with Crippen LogP contribution in [-0.4, -0.2) is 25.8 Å². The van der Waals surface area contributed by atoms with Gasteiger partial charge in [0.25, 0.3) is 6.43 Å². The molecule has 0 amide bonds. The zero-order chi connectivity index (χ0) is 13.3. The fraction of sp³-hybridized carbons (Fsp3) is 0.100. The third-order valence-electron chi connectivity index (χ3n) is 2.23. The van der Waals surface area contributed by atoms with Crippen LogP contribution in [0.15, 0.2) is 24.5 Å². The van der Waals surface area contributed by atoms with E-state index in [1.54, 1.807) is 0 Å². The summed E-state index contributed by atoms with van der Waals surface area (Å²) >= 11 is 5.75. The molecule has 0 radical (unpaired) electrons. The third-order valence-corrected chi connectivity index (χ3v) is 2.54. The van der Waals surface area contributed by atoms with Gasteiger partial charge in [0.1, 0.15) is 6.33 Å². The monoisotopic (exact) mass is 273 g/mol. The van der Waals surface area contributed by atoms with Crippen molar-refractivity contribution in [3.8, 4) is 5.69 Å². The number of carbonyl (C=O) groups is 1. The molecule has 2 rings (SSSR count). The largest absolute Gasteiger partial charge is 0.478 e. The van der Waals surface area contributed by atoms with Crippen LogP contribution < -0.4 is 0 Å². The summed E-state index contributed by atoms with van der Waals surface area (Å²) in [4.78, 5) is 10.8. The fourth-order valence-corrected chi connectivity index (χ4v) is 1.67. The van der Waals surface area contributed by atoms with E-state index in [4.69, 9.17) is 16.7 Å². The summed E-state index contributed by atoms with van der Waals surface area (Å²) < 4.78 is 26.3. The van der Waals surface area contributed by atoms with Crippen molar-refractivity contribution in [3.63, 3.8) is 0 Å². The normalized spacial score (nSPS) is 10.9. The molecule has 0 saturated heterocycles. The molecule has 1 N–H and O–H groups in total. The zero-order valence-corrected chi connectivity index (χ0v) is 9.47. The van der Waals surface area contributed by atoms with Crippen LogP contribution in [0, 0.1) is 0 Å². The lowest BCUT2D eigenvalue weighted by molar-refractivity contribution is 0.0697. The molecule has 1 heterocycles. The number of hydrogen-bond donors (Lipinski definition) is 1. The smallest absolute Gasteiger partial charge is 0.337 e. The highest BCUT2D eigenvalue weighted by atomic mass is 35.5. The lowest BCUT2D eigenvalue weighted by Gasteiger charge is -2.07. The Balaban J connectivity index is 2.49. The summed E-state index contributed by atoms with van der Waals surface area (Å²) in [5.74, 6) is -1.72. The van der Waals surface area contributed by atoms with Gasteiger partial charge in [0.2, 0.25) is 5.82 Å².